The van der Waals surface area contributed by atoms with E-state index in [1.165, 1.54) is 7.11 Å². The Morgan fingerprint density at radius 2 is 1.89 bits per heavy atom. The van der Waals surface area contributed by atoms with Gasteiger partial charge in [-0.05, 0) is 42.8 Å². The molecule has 0 spiro atoms. The molecule has 4 aromatic rings. The van der Waals surface area contributed by atoms with E-state index in [0.29, 0.717) is 30.1 Å². The monoisotopic (exact) mass is 380 g/mol. The summed E-state index contributed by atoms with van der Waals surface area (Å²) in [5.74, 6) is 1.15. The Hall–Kier alpha value is -2.99. The minimum atomic E-state index is -0.229. The first-order valence-electron chi connectivity index (χ1n) is 8.63. The third-order valence-corrected chi connectivity index (χ3v) is 4.61. The highest BCUT2D eigenvalue weighted by atomic mass is 35.5. The highest BCUT2D eigenvalue weighted by molar-refractivity contribution is 6.30. The lowest BCUT2D eigenvalue weighted by atomic mass is 10.2. The quantitative estimate of drug-likeness (QED) is 0.488. The molecule has 0 aliphatic rings. The summed E-state index contributed by atoms with van der Waals surface area (Å²) >= 11 is 5.98. The van der Waals surface area contributed by atoms with Crippen LogP contribution in [0, 0.1) is 0 Å². The van der Waals surface area contributed by atoms with Gasteiger partial charge < -0.3 is 4.74 Å². The Morgan fingerprint density at radius 3 is 2.67 bits per heavy atom. The standard InChI is InChI=1S/C20H17ClN4O2/c1-27-18(26)8-4-7-17-22-16-6-3-2-5-15(16)20-23-19(24-25(17)20)13-9-11-14(21)12-10-13/h2-3,5-6,9-12H,4,7-8H2,1H3. The fourth-order valence-corrected chi connectivity index (χ4v) is 3.11. The molecule has 0 atom stereocenters. The molecule has 0 amide bonds. The van der Waals surface area contributed by atoms with Gasteiger partial charge in [-0.3, -0.25) is 4.79 Å². The van der Waals surface area contributed by atoms with Crippen LogP contribution < -0.4 is 0 Å². The number of methoxy groups -OCH3 is 1. The van der Waals surface area contributed by atoms with Gasteiger partial charge in [-0.1, -0.05) is 23.7 Å². The van der Waals surface area contributed by atoms with Crippen LogP contribution in [-0.4, -0.2) is 32.7 Å². The second-order valence-electron chi connectivity index (χ2n) is 6.15. The first-order chi connectivity index (χ1) is 13.2. The van der Waals surface area contributed by atoms with Crippen molar-refractivity contribution in [1.29, 1.82) is 0 Å². The molecule has 0 N–H and O–H groups in total. The number of carbonyl (C=O) groups excluding carboxylic acids is 1. The normalized spacial score (nSPS) is 11.2. The zero-order valence-electron chi connectivity index (χ0n) is 14.7. The van der Waals surface area contributed by atoms with Crippen molar-refractivity contribution in [2.24, 2.45) is 0 Å². The maximum Gasteiger partial charge on any atom is 0.305 e. The number of fused-ring (bicyclic) bond motifs is 3. The Kier molecular flexibility index (Phi) is 4.73. The van der Waals surface area contributed by atoms with Crippen molar-refractivity contribution in [3.8, 4) is 11.4 Å². The summed E-state index contributed by atoms with van der Waals surface area (Å²) in [6, 6.07) is 15.3. The molecular formula is C20H17ClN4O2. The van der Waals surface area contributed by atoms with Gasteiger partial charge in [-0.15, -0.1) is 5.10 Å². The van der Waals surface area contributed by atoms with Gasteiger partial charge in [0.05, 0.1) is 12.6 Å². The lowest BCUT2D eigenvalue weighted by molar-refractivity contribution is -0.140. The van der Waals surface area contributed by atoms with Crippen LogP contribution in [0.5, 0.6) is 0 Å². The number of benzene rings is 2. The smallest absolute Gasteiger partial charge is 0.305 e. The van der Waals surface area contributed by atoms with Crippen LogP contribution >= 0.6 is 11.6 Å². The van der Waals surface area contributed by atoms with Gasteiger partial charge in [0.15, 0.2) is 11.5 Å². The van der Waals surface area contributed by atoms with Gasteiger partial charge >= 0.3 is 5.97 Å². The van der Waals surface area contributed by atoms with Crippen LogP contribution in [0.4, 0.5) is 0 Å². The third-order valence-electron chi connectivity index (χ3n) is 4.36. The molecule has 0 aliphatic carbocycles. The molecule has 0 saturated carbocycles. The molecule has 2 heterocycles. The molecule has 0 aliphatic heterocycles. The SMILES string of the molecule is COC(=O)CCCc1nc2ccccc2c2nc(-c3ccc(Cl)cc3)nn12. The van der Waals surface area contributed by atoms with Crippen LogP contribution in [0.15, 0.2) is 48.5 Å². The largest absolute Gasteiger partial charge is 0.469 e. The Balaban J connectivity index is 1.80. The summed E-state index contributed by atoms with van der Waals surface area (Å²) in [6.07, 6.45) is 1.56. The molecule has 2 aromatic heterocycles. The van der Waals surface area contributed by atoms with E-state index in [-0.39, 0.29) is 5.97 Å². The Bertz CT molecular complexity index is 1120. The Morgan fingerprint density at radius 1 is 1.11 bits per heavy atom. The fourth-order valence-electron chi connectivity index (χ4n) is 2.99. The van der Waals surface area contributed by atoms with Crippen LogP contribution in [0.3, 0.4) is 0 Å². The predicted octanol–water partition coefficient (Wildman–Crippen LogP) is 4.09. The number of carbonyl (C=O) groups is 1. The van der Waals surface area contributed by atoms with Crippen LogP contribution in [-0.2, 0) is 16.0 Å². The summed E-state index contributed by atoms with van der Waals surface area (Å²) in [7, 11) is 1.39. The number of hydrogen-bond donors (Lipinski definition) is 0. The van der Waals surface area contributed by atoms with Crippen molar-refractivity contribution in [1.82, 2.24) is 19.6 Å². The summed E-state index contributed by atoms with van der Waals surface area (Å²) < 4.78 is 6.48. The molecule has 0 fully saturated rings. The highest BCUT2D eigenvalue weighted by Crippen LogP contribution is 2.24. The molecule has 136 valence electrons. The zero-order chi connectivity index (χ0) is 18.8. The van der Waals surface area contributed by atoms with Gasteiger partial charge in [-0.25, -0.2) is 9.97 Å². The molecule has 6 nitrogen and oxygen atoms in total. The van der Waals surface area contributed by atoms with Crippen molar-refractivity contribution in [2.75, 3.05) is 7.11 Å². The van der Waals surface area contributed by atoms with E-state index in [1.807, 2.05) is 48.5 Å². The van der Waals surface area contributed by atoms with Crippen molar-refractivity contribution in [3.63, 3.8) is 0 Å². The number of nitrogens with zero attached hydrogens (tertiary/aromatic N) is 4. The van der Waals surface area contributed by atoms with Crippen molar-refractivity contribution in [3.05, 3.63) is 59.4 Å². The van der Waals surface area contributed by atoms with E-state index in [9.17, 15) is 4.79 Å². The number of para-hydroxylation sites is 1. The van der Waals surface area contributed by atoms with Crippen molar-refractivity contribution < 1.29 is 9.53 Å². The van der Waals surface area contributed by atoms with Gasteiger partial charge in [-0.2, -0.15) is 4.52 Å². The predicted molar refractivity (Wildman–Crippen MR) is 104 cm³/mol. The minimum Gasteiger partial charge on any atom is -0.469 e. The van der Waals surface area contributed by atoms with Gasteiger partial charge in [0, 0.05) is 28.8 Å². The number of esters is 1. The van der Waals surface area contributed by atoms with E-state index in [2.05, 4.69) is 5.10 Å². The Labute approximate surface area is 160 Å². The molecule has 2 aromatic carbocycles. The average Bonchev–Trinajstić information content (AvgIpc) is 3.14. The fraction of sp³-hybridized carbons (Fsp3) is 0.200. The van der Waals surface area contributed by atoms with Crippen molar-refractivity contribution in [2.45, 2.75) is 19.3 Å². The third kappa shape index (κ3) is 3.48. The van der Waals surface area contributed by atoms with Gasteiger partial charge in [0.1, 0.15) is 5.82 Å². The maximum atomic E-state index is 11.4. The van der Waals surface area contributed by atoms with Gasteiger partial charge in [0.25, 0.3) is 0 Å². The average molecular weight is 381 g/mol. The van der Waals surface area contributed by atoms with E-state index in [0.717, 1.165) is 27.9 Å². The second kappa shape index (κ2) is 7.32. The zero-order valence-corrected chi connectivity index (χ0v) is 15.5. The number of aryl methyl sites for hydroxylation is 1. The first-order valence-corrected chi connectivity index (χ1v) is 9.00. The number of aromatic nitrogens is 4. The summed E-state index contributed by atoms with van der Waals surface area (Å²) in [5.41, 5.74) is 2.49. The molecule has 0 radical (unpaired) electrons. The summed E-state index contributed by atoms with van der Waals surface area (Å²) in [5, 5.41) is 6.26. The lowest BCUT2D eigenvalue weighted by Crippen LogP contribution is -2.06. The number of ether oxygens (including phenoxy) is 1. The summed E-state index contributed by atoms with van der Waals surface area (Å²) in [6.45, 7) is 0. The maximum absolute atomic E-state index is 11.4. The highest BCUT2D eigenvalue weighted by Gasteiger charge is 2.14. The molecule has 0 unspecified atom stereocenters. The number of hydrogen-bond acceptors (Lipinski definition) is 5. The van der Waals surface area contributed by atoms with E-state index in [1.54, 1.807) is 4.52 Å². The molecule has 0 saturated heterocycles. The minimum absolute atomic E-state index is 0.229. The molecule has 7 heteroatoms. The second-order valence-corrected chi connectivity index (χ2v) is 6.59. The van der Waals surface area contributed by atoms with Crippen molar-refractivity contribution >= 4 is 34.1 Å². The number of rotatable bonds is 5. The molecule has 4 rings (SSSR count). The van der Waals surface area contributed by atoms with E-state index in [4.69, 9.17) is 26.3 Å². The first kappa shape index (κ1) is 17.4. The van der Waals surface area contributed by atoms with Crippen LogP contribution in [0.1, 0.15) is 18.7 Å². The van der Waals surface area contributed by atoms with E-state index >= 15 is 0 Å². The van der Waals surface area contributed by atoms with Crippen LogP contribution in [0.2, 0.25) is 5.02 Å². The topological polar surface area (TPSA) is 69.4 Å². The molecule has 27 heavy (non-hydrogen) atoms. The molecule has 0 bridgehead atoms. The summed E-state index contributed by atoms with van der Waals surface area (Å²) in [4.78, 5) is 20.9. The lowest BCUT2D eigenvalue weighted by Gasteiger charge is -2.06. The van der Waals surface area contributed by atoms with Crippen LogP contribution in [0.25, 0.3) is 27.9 Å². The number of halogens is 1. The van der Waals surface area contributed by atoms with E-state index < -0.39 is 0 Å². The van der Waals surface area contributed by atoms with Gasteiger partial charge in [0.2, 0.25) is 0 Å². The molecular weight excluding hydrogens is 364 g/mol.